The molecule has 0 saturated carbocycles. The lowest BCUT2D eigenvalue weighted by Crippen LogP contribution is -1.97. The molecule has 4 aromatic rings. The molecule has 4 rings (SSSR count). The van der Waals surface area contributed by atoms with E-state index in [0.717, 1.165) is 5.56 Å². The number of aromatic nitrogens is 6. The van der Waals surface area contributed by atoms with Gasteiger partial charge >= 0.3 is 0 Å². The highest BCUT2D eigenvalue weighted by atomic mass is 32.2. The monoisotopic (exact) mass is 406 g/mol. The molecule has 2 aromatic carbocycles. The van der Waals surface area contributed by atoms with Gasteiger partial charge in [-0.2, -0.15) is 5.10 Å². The predicted molar refractivity (Wildman–Crippen MR) is 107 cm³/mol. The maximum atomic E-state index is 11.6. The Kier molecular flexibility index (Phi) is 5.12. The molecule has 0 aliphatic heterocycles. The van der Waals surface area contributed by atoms with Crippen LogP contribution in [0.1, 0.15) is 5.56 Å². The number of nitro benzene ring substituents is 1. The van der Waals surface area contributed by atoms with Crippen LogP contribution in [-0.2, 0) is 7.05 Å². The number of hydrogen-bond acceptors (Lipinski definition) is 8. The van der Waals surface area contributed by atoms with Crippen LogP contribution in [0.3, 0.4) is 0 Å². The Morgan fingerprint density at radius 3 is 2.59 bits per heavy atom. The Bertz CT molecular complexity index is 1170. The third kappa shape index (κ3) is 4.04. The van der Waals surface area contributed by atoms with E-state index in [1.54, 1.807) is 12.1 Å². The van der Waals surface area contributed by atoms with Crippen molar-refractivity contribution in [1.29, 1.82) is 0 Å². The van der Waals surface area contributed by atoms with Gasteiger partial charge in [0.2, 0.25) is 0 Å². The molecular weight excluding hydrogens is 392 g/mol. The van der Waals surface area contributed by atoms with Gasteiger partial charge in [-0.25, -0.2) is 4.68 Å². The molecule has 0 spiro atoms. The van der Waals surface area contributed by atoms with E-state index in [1.165, 1.54) is 41.4 Å². The van der Waals surface area contributed by atoms with Crippen LogP contribution < -0.4 is 0 Å². The van der Waals surface area contributed by atoms with Gasteiger partial charge in [-0.05, 0) is 17.8 Å². The highest BCUT2D eigenvalue weighted by Crippen LogP contribution is 2.35. The maximum absolute atomic E-state index is 11.6. The number of benzene rings is 2. The molecule has 0 aliphatic carbocycles. The molecule has 0 bridgehead atoms. The van der Waals surface area contributed by atoms with Crippen molar-refractivity contribution in [3.63, 3.8) is 0 Å². The van der Waals surface area contributed by atoms with E-state index >= 15 is 0 Å². The molecule has 0 unspecified atom stereocenters. The summed E-state index contributed by atoms with van der Waals surface area (Å²) in [6, 6.07) is 14.5. The molecule has 0 fully saturated rings. The van der Waals surface area contributed by atoms with Crippen molar-refractivity contribution in [3.05, 3.63) is 76.9 Å². The molecule has 0 amide bonds. The van der Waals surface area contributed by atoms with Crippen molar-refractivity contribution in [2.24, 2.45) is 12.1 Å². The minimum Gasteiger partial charge on any atom is -0.305 e. The van der Waals surface area contributed by atoms with E-state index < -0.39 is 4.92 Å². The first-order chi connectivity index (χ1) is 14.1. The highest BCUT2D eigenvalue weighted by molar-refractivity contribution is 7.99. The lowest BCUT2D eigenvalue weighted by atomic mass is 10.2. The Hall–Kier alpha value is -3.86. The zero-order valence-corrected chi connectivity index (χ0v) is 16.0. The molecule has 29 heavy (non-hydrogen) atoms. The van der Waals surface area contributed by atoms with Crippen LogP contribution in [0.5, 0.6) is 0 Å². The van der Waals surface area contributed by atoms with Crippen LogP contribution >= 0.6 is 11.8 Å². The first kappa shape index (κ1) is 18.5. The third-order valence-electron chi connectivity index (χ3n) is 3.99. The number of nitrogens with zero attached hydrogens (tertiary/aromatic N) is 8. The van der Waals surface area contributed by atoms with E-state index in [4.69, 9.17) is 0 Å². The van der Waals surface area contributed by atoms with Gasteiger partial charge in [0.15, 0.2) is 11.0 Å². The van der Waals surface area contributed by atoms with E-state index in [9.17, 15) is 10.1 Å². The summed E-state index contributed by atoms with van der Waals surface area (Å²) in [5, 5.41) is 32.0. The molecule has 0 radical (unpaired) electrons. The Labute approximate surface area is 169 Å². The van der Waals surface area contributed by atoms with Gasteiger partial charge in [0.25, 0.3) is 5.69 Å². The number of rotatable bonds is 6. The van der Waals surface area contributed by atoms with Crippen molar-refractivity contribution < 1.29 is 4.92 Å². The van der Waals surface area contributed by atoms with Crippen molar-refractivity contribution in [1.82, 2.24) is 29.6 Å². The molecule has 11 heteroatoms. The van der Waals surface area contributed by atoms with Crippen LogP contribution in [-0.4, -0.2) is 40.8 Å². The molecule has 2 heterocycles. The summed E-state index contributed by atoms with van der Waals surface area (Å²) in [7, 11) is 1.83. The fourth-order valence-corrected chi connectivity index (χ4v) is 3.45. The maximum Gasteiger partial charge on any atom is 0.283 e. The lowest BCUT2D eigenvalue weighted by Gasteiger charge is -2.05. The highest BCUT2D eigenvalue weighted by Gasteiger charge is 2.19. The first-order valence-corrected chi connectivity index (χ1v) is 9.23. The molecule has 10 nitrogen and oxygen atoms in total. The lowest BCUT2D eigenvalue weighted by molar-refractivity contribution is -0.387. The average molecular weight is 406 g/mol. The Morgan fingerprint density at radius 1 is 1.10 bits per heavy atom. The summed E-state index contributed by atoms with van der Waals surface area (Å²) in [5.74, 6) is 0.688. The van der Waals surface area contributed by atoms with E-state index in [0.29, 0.717) is 21.4 Å². The van der Waals surface area contributed by atoms with Gasteiger partial charge in [-0.15, -0.1) is 20.4 Å². The van der Waals surface area contributed by atoms with Crippen LogP contribution in [0.2, 0.25) is 0 Å². The van der Waals surface area contributed by atoms with Gasteiger partial charge < -0.3 is 4.57 Å². The summed E-state index contributed by atoms with van der Waals surface area (Å²) < 4.78 is 3.21. The summed E-state index contributed by atoms with van der Waals surface area (Å²) in [4.78, 5) is 11.6. The fourth-order valence-electron chi connectivity index (χ4n) is 2.57. The Balaban J connectivity index is 1.62. The largest absolute Gasteiger partial charge is 0.305 e. The molecule has 144 valence electrons. The van der Waals surface area contributed by atoms with Crippen molar-refractivity contribution in [2.45, 2.75) is 10.1 Å². The van der Waals surface area contributed by atoms with Crippen LogP contribution in [0.25, 0.3) is 11.4 Å². The van der Waals surface area contributed by atoms with Crippen LogP contribution in [0.4, 0.5) is 5.69 Å². The smallest absolute Gasteiger partial charge is 0.283 e. The standard InChI is InChI=1S/C18H14N8O2S/c1-24-17(14-5-3-2-4-6-14)22-23-18(24)29-16-8-7-13(9-15(16)26(27)28)10-21-25-11-19-20-12-25/h2-12H,1H3/b21-10-. The molecule has 0 atom stereocenters. The molecule has 2 aromatic heterocycles. The Morgan fingerprint density at radius 2 is 1.86 bits per heavy atom. The topological polar surface area (TPSA) is 117 Å². The molecule has 0 N–H and O–H groups in total. The van der Waals surface area contributed by atoms with Gasteiger partial charge in [-0.3, -0.25) is 10.1 Å². The van der Waals surface area contributed by atoms with Crippen molar-refractivity contribution in [2.75, 3.05) is 0 Å². The third-order valence-corrected chi connectivity index (χ3v) is 5.10. The fraction of sp³-hybridized carbons (Fsp3) is 0.0556. The van der Waals surface area contributed by atoms with Gasteiger partial charge in [0.05, 0.1) is 16.0 Å². The van der Waals surface area contributed by atoms with E-state index in [-0.39, 0.29) is 5.69 Å². The van der Waals surface area contributed by atoms with Crippen molar-refractivity contribution in [3.8, 4) is 11.4 Å². The zero-order chi connectivity index (χ0) is 20.2. The second-order valence-electron chi connectivity index (χ2n) is 5.90. The van der Waals surface area contributed by atoms with Crippen LogP contribution in [0.15, 0.2) is 76.3 Å². The minimum absolute atomic E-state index is 0.0352. The van der Waals surface area contributed by atoms with Gasteiger partial charge in [0, 0.05) is 24.2 Å². The second kappa shape index (κ2) is 8.02. The quantitative estimate of drug-likeness (QED) is 0.274. The van der Waals surface area contributed by atoms with Gasteiger partial charge in [-0.1, -0.05) is 36.4 Å². The molecule has 0 saturated heterocycles. The summed E-state index contributed by atoms with van der Waals surface area (Å²) in [5.41, 5.74) is 1.47. The predicted octanol–water partition coefficient (Wildman–Crippen LogP) is 3.02. The van der Waals surface area contributed by atoms with E-state index in [1.807, 2.05) is 41.9 Å². The molecular formula is C18H14N8O2S. The number of hydrogen-bond donors (Lipinski definition) is 0. The zero-order valence-electron chi connectivity index (χ0n) is 15.2. The summed E-state index contributed by atoms with van der Waals surface area (Å²) in [6.45, 7) is 0. The first-order valence-electron chi connectivity index (χ1n) is 8.42. The SMILES string of the molecule is Cn1c(Sc2ccc(/C=N\n3cnnc3)cc2[N+](=O)[O-])nnc1-c1ccccc1. The number of nitro groups is 1. The van der Waals surface area contributed by atoms with Crippen LogP contribution in [0, 0.1) is 10.1 Å². The minimum atomic E-state index is -0.424. The average Bonchev–Trinajstić information content (AvgIpc) is 3.38. The van der Waals surface area contributed by atoms with Gasteiger partial charge in [0.1, 0.15) is 12.7 Å². The van der Waals surface area contributed by atoms with E-state index in [2.05, 4.69) is 25.5 Å². The summed E-state index contributed by atoms with van der Waals surface area (Å²) in [6.07, 6.45) is 4.35. The summed E-state index contributed by atoms with van der Waals surface area (Å²) >= 11 is 1.19. The molecule has 0 aliphatic rings. The normalized spacial score (nSPS) is 11.2. The second-order valence-corrected chi connectivity index (χ2v) is 6.91. The van der Waals surface area contributed by atoms with Crippen molar-refractivity contribution >= 4 is 23.7 Å².